The first-order valence-corrected chi connectivity index (χ1v) is 8.15. The molecular formula is C18H28N2O2. The quantitative estimate of drug-likeness (QED) is 0.877. The fraction of sp³-hybridized carbons (Fsp3) is 0.611. The third kappa shape index (κ3) is 5.11. The van der Waals surface area contributed by atoms with Crippen molar-refractivity contribution in [3.8, 4) is 0 Å². The summed E-state index contributed by atoms with van der Waals surface area (Å²) in [7, 11) is 1.66. The first-order chi connectivity index (χ1) is 10.6. The molecule has 1 amide bonds. The molecule has 1 aliphatic heterocycles. The molecule has 0 unspecified atom stereocenters. The van der Waals surface area contributed by atoms with Crippen LogP contribution in [0, 0.1) is 12.8 Å². The molecule has 22 heavy (non-hydrogen) atoms. The first kappa shape index (κ1) is 17.0. The second kappa shape index (κ2) is 8.30. The molecule has 0 aromatic heterocycles. The van der Waals surface area contributed by atoms with E-state index in [4.69, 9.17) is 4.74 Å². The van der Waals surface area contributed by atoms with E-state index in [9.17, 15) is 4.79 Å². The topological polar surface area (TPSA) is 41.6 Å². The lowest BCUT2D eigenvalue weighted by atomic mass is 9.95. The summed E-state index contributed by atoms with van der Waals surface area (Å²) >= 11 is 0. The van der Waals surface area contributed by atoms with E-state index in [1.54, 1.807) is 7.11 Å². The molecule has 1 N–H and O–H groups in total. The van der Waals surface area contributed by atoms with Gasteiger partial charge in [-0.2, -0.15) is 0 Å². The summed E-state index contributed by atoms with van der Waals surface area (Å²) in [5, 5.41) is 3.04. The number of carbonyl (C=O) groups is 1. The largest absolute Gasteiger partial charge is 0.383 e. The Balaban J connectivity index is 1.76. The van der Waals surface area contributed by atoms with E-state index < -0.39 is 0 Å². The van der Waals surface area contributed by atoms with Crippen LogP contribution in [0.4, 0.5) is 0 Å². The molecule has 1 aromatic rings. The number of hydrogen-bond donors (Lipinski definition) is 1. The maximum absolute atomic E-state index is 12.2. The highest BCUT2D eigenvalue weighted by Gasteiger charge is 2.25. The lowest BCUT2D eigenvalue weighted by molar-refractivity contribution is -0.127. The molecular weight excluding hydrogens is 276 g/mol. The van der Waals surface area contributed by atoms with Crippen LogP contribution in [-0.2, 0) is 16.1 Å². The fourth-order valence-electron chi connectivity index (χ4n) is 3.07. The summed E-state index contributed by atoms with van der Waals surface area (Å²) in [5.41, 5.74) is 2.66. The van der Waals surface area contributed by atoms with Crippen LogP contribution in [0.3, 0.4) is 0 Å². The number of likely N-dealkylation sites (tertiary alicyclic amines) is 1. The molecule has 0 aliphatic carbocycles. The SMILES string of the molecule is COC[C@H](C)NC(=O)C1CCN(Cc2cccc(C)c2)CC1. The third-order valence-corrected chi connectivity index (χ3v) is 4.25. The van der Waals surface area contributed by atoms with Crippen LogP contribution in [0.1, 0.15) is 30.9 Å². The number of nitrogens with zero attached hydrogens (tertiary/aromatic N) is 1. The Morgan fingerprint density at radius 2 is 2.14 bits per heavy atom. The number of hydrogen-bond acceptors (Lipinski definition) is 3. The summed E-state index contributed by atoms with van der Waals surface area (Å²) in [4.78, 5) is 14.6. The van der Waals surface area contributed by atoms with Gasteiger partial charge >= 0.3 is 0 Å². The number of piperidine rings is 1. The van der Waals surface area contributed by atoms with Crippen molar-refractivity contribution in [3.63, 3.8) is 0 Å². The number of nitrogens with one attached hydrogen (secondary N) is 1. The molecule has 0 bridgehead atoms. The maximum Gasteiger partial charge on any atom is 0.223 e. The second-order valence-corrected chi connectivity index (χ2v) is 6.40. The molecule has 0 saturated carbocycles. The van der Waals surface area contributed by atoms with E-state index in [0.29, 0.717) is 6.61 Å². The minimum atomic E-state index is 0.0859. The van der Waals surface area contributed by atoms with Crippen molar-refractivity contribution in [3.05, 3.63) is 35.4 Å². The monoisotopic (exact) mass is 304 g/mol. The molecule has 1 heterocycles. The Kier molecular flexibility index (Phi) is 6.40. The van der Waals surface area contributed by atoms with Crippen LogP contribution in [0.15, 0.2) is 24.3 Å². The fourth-order valence-corrected chi connectivity index (χ4v) is 3.07. The van der Waals surface area contributed by atoms with Gasteiger partial charge in [-0.3, -0.25) is 9.69 Å². The van der Waals surface area contributed by atoms with Crippen molar-refractivity contribution < 1.29 is 9.53 Å². The maximum atomic E-state index is 12.2. The summed E-state index contributed by atoms with van der Waals surface area (Å²) in [6, 6.07) is 8.75. The van der Waals surface area contributed by atoms with E-state index in [1.807, 2.05) is 6.92 Å². The first-order valence-electron chi connectivity index (χ1n) is 8.15. The van der Waals surface area contributed by atoms with Crippen molar-refractivity contribution in [1.82, 2.24) is 10.2 Å². The number of benzene rings is 1. The van der Waals surface area contributed by atoms with Gasteiger partial charge in [-0.1, -0.05) is 29.8 Å². The Labute approximate surface area is 133 Å². The Hall–Kier alpha value is -1.39. The Morgan fingerprint density at radius 3 is 2.77 bits per heavy atom. The smallest absolute Gasteiger partial charge is 0.223 e. The number of aryl methyl sites for hydroxylation is 1. The molecule has 0 spiro atoms. The number of ether oxygens (including phenoxy) is 1. The Morgan fingerprint density at radius 1 is 1.41 bits per heavy atom. The number of methoxy groups -OCH3 is 1. The number of carbonyl (C=O) groups excluding carboxylic acids is 1. The number of amides is 1. The van der Waals surface area contributed by atoms with E-state index in [2.05, 4.69) is 41.4 Å². The van der Waals surface area contributed by atoms with Gasteiger partial charge in [-0.15, -0.1) is 0 Å². The molecule has 1 atom stereocenters. The second-order valence-electron chi connectivity index (χ2n) is 6.40. The van der Waals surface area contributed by atoms with Gasteiger partial charge in [-0.25, -0.2) is 0 Å². The molecule has 1 aromatic carbocycles. The zero-order valence-electron chi connectivity index (χ0n) is 14.0. The standard InChI is InChI=1S/C18H28N2O2/c1-14-5-4-6-16(11-14)12-20-9-7-17(8-10-20)18(21)19-15(2)13-22-3/h4-6,11,15,17H,7-10,12-13H2,1-3H3,(H,19,21)/t15-/m0/s1. The van der Waals surface area contributed by atoms with Crippen LogP contribution in [0.5, 0.6) is 0 Å². The van der Waals surface area contributed by atoms with E-state index in [-0.39, 0.29) is 17.9 Å². The molecule has 2 rings (SSSR count). The predicted molar refractivity (Wildman–Crippen MR) is 88.7 cm³/mol. The van der Waals surface area contributed by atoms with Crippen molar-refractivity contribution in [2.45, 2.75) is 39.3 Å². The lowest BCUT2D eigenvalue weighted by Crippen LogP contribution is -2.44. The van der Waals surface area contributed by atoms with E-state index in [0.717, 1.165) is 32.5 Å². The van der Waals surface area contributed by atoms with Gasteiger partial charge in [0.05, 0.1) is 6.61 Å². The van der Waals surface area contributed by atoms with Gasteiger partial charge in [0.25, 0.3) is 0 Å². The van der Waals surface area contributed by atoms with Crippen LogP contribution in [-0.4, -0.2) is 43.7 Å². The third-order valence-electron chi connectivity index (χ3n) is 4.25. The van der Waals surface area contributed by atoms with Crippen LogP contribution >= 0.6 is 0 Å². The van der Waals surface area contributed by atoms with Gasteiger partial charge in [0.2, 0.25) is 5.91 Å². The number of rotatable bonds is 6. The van der Waals surface area contributed by atoms with Gasteiger partial charge in [0, 0.05) is 25.6 Å². The van der Waals surface area contributed by atoms with Crippen molar-refractivity contribution in [2.24, 2.45) is 5.92 Å². The minimum absolute atomic E-state index is 0.0859. The van der Waals surface area contributed by atoms with E-state index >= 15 is 0 Å². The highest BCUT2D eigenvalue weighted by molar-refractivity contribution is 5.79. The van der Waals surface area contributed by atoms with Crippen LogP contribution in [0.25, 0.3) is 0 Å². The average Bonchev–Trinajstić information content (AvgIpc) is 2.48. The molecule has 1 saturated heterocycles. The van der Waals surface area contributed by atoms with Crippen molar-refractivity contribution in [1.29, 1.82) is 0 Å². The summed E-state index contributed by atoms with van der Waals surface area (Å²) in [5.74, 6) is 0.327. The highest BCUT2D eigenvalue weighted by atomic mass is 16.5. The normalized spacial score (nSPS) is 18.1. The average molecular weight is 304 g/mol. The van der Waals surface area contributed by atoms with Crippen LogP contribution < -0.4 is 5.32 Å². The summed E-state index contributed by atoms with van der Waals surface area (Å²) < 4.78 is 5.06. The van der Waals surface area contributed by atoms with Gasteiger partial charge in [0.15, 0.2) is 0 Å². The van der Waals surface area contributed by atoms with Gasteiger partial charge in [-0.05, 0) is 45.3 Å². The molecule has 1 aliphatic rings. The predicted octanol–water partition coefficient (Wildman–Crippen LogP) is 2.36. The summed E-state index contributed by atoms with van der Waals surface area (Å²) in [6.45, 7) is 7.64. The van der Waals surface area contributed by atoms with Gasteiger partial charge in [0.1, 0.15) is 0 Å². The zero-order chi connectivity index (χ0) is 15.9. The highest BCUT2D eigenvalue weighted by Crippen LogP contribution is 2.19. The lowest BCUT2D eigenvalue weighted by Gasteiger charge is -2.31. The van der Waals surface area contributed by atoms with E-state index in [1.165, 1.54) is 11.1 Å². The molecule has 4 heteroatoms. The van der Waals surface area contributed by atoms with Crippen LogP contribution in [0.2, 0.25) is 0 Å². The molecule has 4 nitrogen and oxygen atoms in total. The molecule has 122 valence electrons. The Bertz CT molecular complexity index is 482. The molecule has 1 fully saturated rings. The molecule has 0 radical (unpaired) electrons. The summed E-state index contributed by atoms with van der Waals surface area (Å²) in [6.07, 6.45) is 1.88. The zero-order valence-corrected chi connectivity index (χ0v) is 14.0. The minimum Gasteiger partial charge on any atom is -0.383 e. The van der Waals surface area contributed by atoms with Crippen molar-refractivity contribution in [2.75, 3.05) is 26.8 Å². The van der Waals surface area contributed by atoms with Crippen molar-refractivity contribution >= 4 is 5.91 Å². The van der Waals surface area contributed by atoms with Gasteiger partial charge < -0.3 is 10.1 Å².